The van der Waals surface area contributed by atoms with Crippen LogP contribution in [0, 0.1) is 6.92 Å². The van der Waals surface area contributed by atoms with Crippen molar-refractivity contribution in [3.63, 3.8) is 0 Å². The van der Waals surface area contributed by atoms with E-state index < -0.39 is 5.91 Å². The first kappa shape index (κ1) is 22.7. The van der Waals surface area contributed by atoms with E-state index in [0.717, 1.165) is 33.4 Å². The Morgan fingerprint density at radius 1 is 0.778 bits per heavy atom. The molecule has 0 spiro atoms. The van der Waals surface area contributed by atoms with E-state index in [9.17, 15) is 9.59 Å². The average Bonchev–Trinajstić information content (AvgIpc) is 2.90. The fourth-order valence-electron chi connectivity index (χ4n) is 3.89. The third-order valence-corrected chi connectivity index (χ3v) is 5.82. The molecule has 0 aliphatic rings. The van der Waals surface area contributed by atoms with Crippen LogP contribution in [0.3, 0.4) is 0 Å². The minimum Gasteiger partial charge on any atom is -0.366 e. The highest BCUT2D eigenvalue weighted by Gasteiger charge is 2.12. The molecule has 0 aliphatic heterocycles. The van der Waals surface area contributed by atoms with Gasteiger partial charge in [-0.3, -0.25) is 9.59 Å². The van der Waals surface area contributed by atoms with Crippen LogP contribution in [0.15, 0.2) is 97.1 Å². The first-order chi connectivity index (χ1) is 17.5. The van der Waals surface area contributed by atoms with E-state index in [1.54, 1.807) is 42.5 Å². The Kier molecular flexibility index (Phi) is 6.11. The minimum atomic E-state index is -0.549. The van der Waals surface area contributed by atoms with Crippen molar-refractivity contribution < 1.29 is 9.59 Å². The second kappa shape index (κ2) is 9.68. The summed E-state index contributed by atoms with van der Waals surface area (Å²) in [6, 6.07) is 29.8. The van der Waals surface area contributed by atoms with Gasteiger partial charge in [0.15, 0.2) is 0 Å². The second-order valence-electron chi connectivity index (χ2n) is 8.33. The molecular formula is C29H23N5O2. The monoisotopic (exact) mass is 473 g/mol. The first-order valence-corrected chi connectivity index (χ1v) is 11.4. The Labute approximate surface area is 208 Å². The summed E-state index contributed by atoms with van der Waals surface area (Å²) in [5.41, 5.74) is 10.9. The smallest absolute Gasteiger partial charge is 0.255 e. The number of aromatic nitrogens is 2. The second-order valence-corrected chi connectivity index (χ2v) is 8.33. The van der Waals surface area contributed by atoms with Crippen LogP contribution >= 0.6 is 0 Å². The molecule has 0 aliphatic carbocycles. The molecule has 1 aromatic heterocycles. The Morgan fingerprint density at radius 2 is 1.47 bits per heavy atom. The van der Waals surface area contributed by atoms with Gasteiger partial charge in [-0.1, -0.05) is 54.6 Å². The predicted octanol–water partition coefficient (Wildman–Crippen LogP) is 5.70. The Bertz CT molecular complexity index is 1580. The van der Waals surface area contributed by atoms with E-state index in [4.69, 9.17) is 10.7 Å². The molecule has 36 heavy (non-hydrogen) atoms. The molecule has 0 saturated carbocycles. The van der Waals surface area contributed by atoms with Crippen LogP contribution in [0.1, 0.15) is 26.3 Å². The summed E-state index contributed by atoms with van der Waals surface area (Å²) in [4.78, 5) is 33.7. The third kappa shape index (κ3) is 4.76. The topological polar surface area (TPSA) is 110 Å². The molecular weight excluding hydrogens is 450 g/mol. The number of benzene rings is 4. The lowest BCUT2D eigenvalue weighted by molar-refractivity contribution is 0.0996. The van der Waals surface area contributed by atoms with Gasteiger partial charge in [0.2, 0.25) is 11.9 Å². The van der Waals surface area contributed by atoms with Crippen molar-refractivity contribution in [2.75, 3.05) is 10.6 Å². The van der Waals surface area contributed by atoms with Gasteiger partial charge in [-0.2, -0.15) is 0 Å². The molecule has 5 rings (SSSR count). The van der Waals surface area contributed by atoms with Crippen molar-refractivity contribution in [3.8, 4) is 11.3 Å². The van der Waals surface area contributed by atoms with Gasteiger partial charge in [-0.25, -0.2) is 9.97 Å². The van der Waals surface area contributed by atoms with Gasteiger partial charge in [0.25, 0.3) is 5.91 Å². The number of nitrogens with zero attached hydrogens (tertiary/aromatic N) is 2. The van der Waals surface area contributed by atoms with Gasteiger partial charge in [-0.05, 0) is 55.0 Å². The molecule has 0 bridgehead atoms. The number of amides is 2. The number of hydrogen-bond acceptors (Lipinski definition) is 5. The zero-order chi connectivity index (χ0) is 25.1. The summed E-state index contributed by atoms with van der Waals surface area (Å²) in [6.07, 6.45) is 0. The molecule has 0 atom stereocenters. The highest BCUT2D eigenvalue weighted by atomic mass is 16.2. The summed E-state index contributed by atoms with van der Waals surface area (Å²) in [5.74, 6) is -0.379. The Hall–Kier alpha value is -5.04. The van der Waals surface area contributed by atoms with Gasteiger partial charge in [0, 0.05) is 33.5 Å². The number of para-hydroxylation sites is 1. The largest absolute Gasteiger partial charge is 0.366 e. The molecule has 0 unspecified atom stereocenters. The summed E-state index contributed by atoms with van der Waals surface area (Å²) < 4.78 is 0. The van der Waals surface area contributed by atoms with Crippen LogP contribution in [0.25, 0.3) is 22.2 Å². The summed E-state index contributed by atoms with van der Waals surface area (Å²) >= 11 is 0. The van der Waals surface area contributed by atoms with E-state index in [2.05, 4.69) is 15.6 Å². The molecule has 0 radical (unpaired) electrons. The van der Waals surface area contributed by atoms with Gasteiger partial charge in [-0.15, -0.1) is 0 Å². The van der Waals surface area contributed by atoms with E-state index in [1.165, 1.54) is 0 Å². The van der Waals surface area contributed by atoms with Crippen molar-refractivity contribution in [1.82, 2.24) is 9.97 Å². The standard InChI is InChI=1S/C29H23N5O2/c1-18-11-12-21(27(30)35)17-25(18)32-28(36)20-13-15-22(16-14-20)31-29-33-24-10-6-5-9-23(24)26(34-29)19-7-3-2-4-8-19/h2-17H,1H3,(H2,30,35)(H,32,36)(H,31,33,34). The van der Waals surface area contributed by atoms with E-state index >= 15 is 0 Å². The normalized spacial score (nSPS) is 10.7. The van der Waals surface area contributed by atoms with E-state index in [-0.39, 0.29) is 5.91 Å². The summed E-state index contributed by atoms with van der Waals surface area (Å²) in [7, 11) is 0. The predicted molar refractivity (Wildman–Crippen MR) is 142 cm³/mol. The highest BCUT2D eigenvalue weighted by molar-refractivity contribution is 6.05. The van der Waals surface area contributed by atoms with Gasteiger partial charge in [0.1, 0.15) is 0 Å². The van der Waals surface area contributed by atoms with Gasteiger partial charge < -0.3 is 16.4 Å². The average molecular weight is 474 g/mol. The fraction of sp³-hybridized carbons (Fsp3) is 0.0345. The van der Waals surface area contributed by atoms with Crippen molar-refractivity contribution >= 4 is 40.0 Å². The van der Waals surface area contributed by atoms with E-state index in [0.29, 0.717) is 22.8 Å². The van der Waals surface area contributed by atoms with Crippen LogP contribution in [0.2, 0.25) is 0 Å². The van der Waals surface area contributed by atoms with Gasteiger partial charge >= 0.3 is 0 Å². The molecule has 7 nitrogen and oxygen atoms in total. The third-order valence-electron chi connectivity index (χ3n) is 5.82. The number of nitrogens with two attached hydrogens (primary N) is 1. The lowest BCUT2D eigenvalue weighted by Gasteiger charge is -2.12. The van der Waals surface area contributed by atoms with Gasteiger partial charge in [0.05, 0.1) is 11.2 Å². The Morgan fingerprint density at radius 3 is 2.22 bits per heavy atom. The molecule has 5 aromatic rings. The Balaban J connectivity index is 1.38. The maximum atomic E-state index is 12.8. The zero-order valence-electron chi connectivity index (χ0n) is 19.5. The van der Waals surface area contributed by atoms with Crippen LogP contribution in [-0.4, -0.2) is 21.8 Å². The van der Waals surface area contributed by atoms with Crippen LogP contribution in [0.5, 0.6) is 0 Å². The number of rotatable bonds is 6. The van der Waals surface area contributed by atoms with Crippen LogP contribution in [0.4, 0.5) is 17.3 Å². The lowest BCUT2D eigenvalue weighted by Crippen LogP contribution is -2.15. The lowest BCUT2D eigenvalue weighted by atomic mass is 10.1. The van der Waals surface area contributed by atoms with Crippen molar-refractivity contribution in [3.05, 3.63) is 114 Å². The molecule has 2 amide bonds. The summed E-state index contributed by atoms with van der Waals surface area (Å²) in [5, 5.41) is 7.06. The van der Waals surface area contributed by atoms with E-state index in [1.807, 2.05) is 61.5 Å². The summed E-state index contributed by atoms with van der Waals surface area (Å²) in [6.45, 7) is 1.85. The molecule has 0 fully saturated rings. The molecule has 176 valence electrons. The number of primary amides is 1. The number of fused-ring (bicyclic) bond motifs is 1. The molecule has 4 aromatic carbocycles. The van der Waals surface area contributed by atoms with Crippen molar-refractivity contribution in [2.24, 2.45) is 5.73 Å². The number of anilines is 3. The first-order valence-electron chi connectivity index (χ1n) is 11.4. The number of carbonyl (C=O) groups is 2. The van der Waals surface area contributed by atoms with Crippen LogP contribution in [-0.2, 0) is 0 Å². The molecule has 4 N–H and O–H groups in total. The quantitative estimate of drug-likeness (QED) is 0.293. The number of carbonyl (C=O) groups excluding carboxylic acids is 2. The molecule has 7 heteroatoms. The minimum absolute atomic E-state index is 0.292. The highest BCUT2D eigenvalue weighted by Crippen LogP contribution is 2.28. The van der Waals surface area contributed by atoms with Crippen LogP contribution < -0.4 is 16.4 Å². The maximum Gasteiger partial charge on any atom is 0.255 e. The maximum absolute atomic E-state index is 12.8. The van der Waals surface area contributed by atoms with Crippen molar-refractivity contribution in [1.29, 1.82) is 0 Å². The number of nitrogens with one attached hydrogen (secondary N) is 2. The fourth-order valence-corrected chi connectivity index (χ4v) is 3.89. The number of hydrogen-bond donors (Lipinski definition) is 3. The zero-order valence-corrected chi connectivity index (χ0v) is 19.5. The number of aryl methyl sites for hydroxylation is 1. The molecule has 1 heterocycles. The molecule has 0 saturated heterocycles. The van der Waals surface area contributed by atoms with Crippen molar-refractivity contribution in [2.45, 2.75) is 6.92 Å². The SMILES string of the molecule is Cc1ccc(C(N)=O)cc1NC(=O)c1ccc(Nc2nc(-c3ccccc3)c3ccccc3n2)cc1.